The Balaban J connectivity index is 1.60. The van der Waals surface area contributed by atoms with Gasteiger partial charge in [0.15, 0.2) is 5.65 Å². The lowest BCUT2D eigenvalue weighted by Crippen LogP contribution is -2.43. The van der Waals surface area contributed by atoms with E-state index in [4.69, 9.17) is 0 Å². The summed E-state index contributed by atoms with van der Waals surface area (Å²) < 4.78 is 1.28. The summed E-state index contributed by atoms with van der Waals surface area (Å²) in [7, 11) is 0. The predicted octanol–water partition coefficient (Wildman–Crippen LogP) is 1.97. The molecule has 1 unspecified atom stereocenters. The van der Waals surface area contributed by atoms with E-state index in [1.165, 1.54) is 23.6 Å². The first kappa shape index (κ1) is 16.5. The molecule has 1 aromatic carbocycles. The molecule has 3 N–H and O–H groups in total. The Kier molecular flexibility index (Phi) is 4.53. The SMILES string of the molecule is O=C(NCC1CCCCN1)c1cnn2c(O)cc(-c3ccccc3)nc12. The largest absolute Gasteiger partial charge is 0.493 e. The fraction of sp³-hybridized carbons (Fsp3) is 0.316. The molecule has 7 heteroatoms. The van der Waals surface area contributed by atoms with Crippen molar-refractivity contribution in [3.63, 3.8) is 0 Å². The van der Waals surface area contributed by atoms with Crippen molar-refractivity contribution >= 4 is 11.6 Å². The number of hydrogen-bond acceptors (Lipinski definition) is 5. The molecule has 1 aliphatic rings. The van der Waals surface area contributed by atoms with Crippen LogP contribution in [-0.4, -0.2) is 44.7 Å². The van der Waals surface area contributed by atoms with E-state index in [1.54, 1.807) is 6.07 Å². The topological polar surface area (TPSA) is 91.6 Å². The lowest BCUT2D eigenvalue weighted by atomic mass is 10.1. The molecule has 3 heterocycles. The Morgan fingerprint density at radius 3 is 2.92 bits per heavy atom. The number of aromatic nitrogens is 3. The van der Waals surface area contributed by atoms with Crippen molar-refractivity contribution in [3.8, 4) is 17.1 Å². The Morgan fingerprint density at radius 2 is 2.15 bits per heavy atom. The Hall–Kier alpha value is -2.93. The maximum absolute atomic E-state index is 12.6. The van der Waals surface area contributed by atoms with Gasteiger partial charge in [0, 0.05) is 24.2 Å². The minimum Gasteiger partial charge on any atom is -0.493 e. The quantitative estimate of drug-likeness (QED) is 0.668. The maximum atomic E-state index is 12.6. The first-order valence-corrected chi connectivity index (χ1v) is 8.87. The van der Waals surface area contributed by atoms with Crippen molar-refractivity contribution < 1.29 is 9.90 Å². The van der Waals surface area contributed by atoms with Crippen molar-refractivity contribution in [1.82, 2.24) is 25.2 Å². The number of amides is 1. The third kappa shape index (κ3) is 3.25. The molecule has 0 saturated carbocycles. The molecule has 0 aliphatic carbocycles. The molecule has 134 valence electrons. The maximum Gasteiger partial charge on any atom is 0.256 e. The predicted molar refractivity (Wildman–Crippen MR) is 98.1 cm³/mol. The van der Waals surface area contributed by atoms with Crippen LogP contribution < -0.4 is 10.6 Å². The summed E-state index contributed by atoms with van der Waals surface area (Å²) in [6.07, 6.45) is 4.87. The molecule has 3 aromatic rings. The van der Waals surface area contributed by atoms with Crippen LogP contribution in [0.4, 0.5) is 0 Å². The van der Waals surface area contributed by atoms with E-state index >= 15 is 0 Å². The zero-order chi connectivity index (χ0) is 17.9. The van der Waals surface area contributed by atoms with Gasteiger partial charge in [0.2, 0.25) is 5.88 Å². The van der Waals surface area contributed by atoms with Gasteiger partial charge in [-0.2, -0.15) is 9.61 Å². The van der Waals surface area contributed by atoms with E-state index in [9.17, 15) is 9.90 Å². The van der Waals surface area contributed by atoms with Gasteiger partial charge >= 0.3 is 0 Å². The standard InChI is InChI=1S/C19H21N5O2/c25-17-10-16(13-6-2-1-3-7-13)23-18-15(12-22-24(17)18)19(26)21-11-14-8-4-5-9-20-14/h1-3,6-7,10,12,14,20,25H,4-5,8-9,11H2,(H,21,26). The Morgan fingerprint density at radius 1 is 1.31 bits per heavy atom. The molecule has 1 fully saturated rings. The lowest BCUT2D eigenvalue weighted by molar-refractivity contribution is 0.0949. The molecule has 1 amide bonds. The van der Waals surface area contributed by atoms with Crippen LogP contribution in [0.1, 0.15) is 29.6 Å². The zero-order valence-corrected chi connectivity index (χ0v) is 14.4. The second kappa shape index (κ2) is 7.13. The lowest BCUT2D eigenvalue weighted by Gasteiger charge is -2.23. The second-order valence-electron chi connectivity index (χ2n) is 6.52. The Bertz CT molecular complexity index is 916. The second-order valence-corrected chi connectivity index (χ2v) is 6.52. The van der Waals surface area contributed by atoms with E-state index in [0.29, 0.717) is 29.5 Å². The van der Waals surface area contributed by atoms with Crippen LogP contribution in [0.25, 0.3) is 16.9 Å². The summed E-state index contributed by atoms with van der Waals surface area (Å²) in [5.74, 6) is -0.286. The fourth-order valence-electron chi connectivity index (χ4n) is 3.27. The third-order valence-electron chi connectivity index (χ3n) is 4.69. The van der Waals surface area contributed by atoms with Gasteiger partial charge in [-0.25, -0.2) is 4.98 Å². The number of hydrogen-bond donors (Lipinski definition) is 3. The van der Waals surface area contributed by atoms with Crippen molar-refractivity contribution in [2.45, 2.75) is 25.3 Å². The molecule has 7 nitrogen and oxygen atoms in total. The van der Waals surface area contributed by atoms with Crippen LogP contribution >= 0.6 is 0 Å². The van der Waals surface area contributed by atoms with E-state index in [0.717, 1.165) is 18.5 Å². The highest BCUT2D eigenvalue weighted by molar-refractivity contribution is 6.00. The molecule has 4 rings (SSSR count). The van der Waals surface area contributed by atoms with Crippen LogP contribution in [-0.2, 0) is 0 Å². The number of rotatable bonds is 4. The van der Waals surface area contributed by atoms with Gasteiger partial charge in [-0.05, 0) is 19.4 Å². The highest BCUT2D eigenvalue weighted by atomic mass is 16.3. The normalized spacial score (nSPS) is 17.3. The van der Waals surface area contributed by atoms with E-state index in [1.807, 2.05) is 30.3 Å². The van der Waals surface area contributed by atoms with Crippen LogP contribution in [0.5, 0.6) is 5.88 Å². The van der Waals surface area contributed by atoms with Crippen molar-refractivity contribution in [3.05, 3.63) is 48.2 Å². The van der Waals surface area contributed by atoms with Gasteiger partial charge in [-0.15, -0.1) is 0 Å². The summed E-state index contributed by atoms with van der Waals surface area (Å²) >= 11 is 0. The van der Waals surface area contributed by atoms with E-state index in [-0.39, 0.29) is 11.8 Å². The first-order chi connectivity index (χ1) is 12.7. The molecule has 26 heavy (non-hydrogen) atoms. The van der Waals surface area contributed by atoms with Gasteiger partial charge in [0.05, 0.1) is 11.9 Å². The summed E-state index contributed by atoms with van der Waals surface area (Å²) in [6.45, 7) is 1.56. The van der Waals surface area contributed by atoms with Crippen LogP contribution in [0, 0.1) is 0 Å². The highest BCUT2D eigenvalue weighted by Crippen LogP contribution is 2.24. The van der Waals surface area contributed by atoms with Crippen molar-refractivity contribution in [2.75, 3.05) is 13.1 Å². The summed E-state index contributed by atoms with van der Waals surface area (Å²) in [4.78, 5) is 17.2. The number of nitrogens with one attached hydrogen (secondary N) is 2. The highest BCUT2D eigenvalue weighted by Gasteiger charge is 2.19. The minimum absolute atomic E-state index is 0.0538. The third-order valence-corrected chi connectivity index (χ3v) is 4.69. The summed E-state index contributed by atoms with van der Waals surface area (Å²) in [6, 6.07) is 11.4. The fourth-order valence-corrected chi connectivity index (χ4v) is 3.27. The zero-order valence-electron chi connectivity index (χ0n) is 14.4. The molecular weight excluding hydrogens is 330 g/mol. The van der Waals surface area contributed by atoms with Gasteiger partial charge in [-0.3, -0.25) is 4.79 Å². The monoisotopic (exact) mass is 351 g/mol. The minimum atomic E-state index is -0.232. The average molecular weight is 351 g/mol. The number of piperidine rings is 1. The van der Waals surface area contributed by atoms with Crippen LogP contribution in [0.15, 0.2) is 42.6 Å². The molecule has 0 spiro atoms. The van der Waals surface area contributed by atoms with Crippen molar-refractivity contribution in [2.24, 2.45) is 0 Å². The smallest absolute Gasteiger partial charge is 0.256 e. The van der Waals surface area contributed by atoms with E-state index in [2.05, 4.69) is 20.7 Å². The van der Waals surface area contributed by atoms with Crippen LogP contribution in [0.3, 0.4) is 0 Å². The molecule has 1 atom stereocenters. The van der Waals surface area contributed by atoms with Gasteiger partial charge in [-0.1, -0.05) is 36.8 Å². The van der Waals surface area contributed by atoms with Gasteiger partial charge in [0.1, 0.15) is 5.56 Å². The molecule has 1 aliphatic heterocycles. The number of carbonyl (C=O) groups is 1. The number of fused-ring (bicyclic) bond motifs is 1. The first-order valence-electron chi connectivity index (χ1n) is 8.87. The number of nitrogens with zero attached hydrogens (tertiary/aromatic N) is 3. The van der Waals surface area contributed by atoms with Crippen LogP contribution in [0.2, 0.25) is 0 Å². The van der Waals surface area contributed by atoms with E-state index < -0.39 is 0 Å². The Labute approximate surface area is 151 Å². The summed E-state index contributed by atoms with van der Waals surface area (Å²) in [5.41, 5.74) is 2.16. The number of benzene rings is 1. The molecule has 1 saturated heterocycles. The van der Waals surface area contributed by atoms with Crippen molar-refractivity contribution in [1.29, 1.82) is 0 Å². The molecule has 2 aromatic heterocycles. The number of aromatic hydroxyl groups is 1. The van der Waals surface area contributed by atoms with Gasteiger partial charge < -0.3 is 15.7 Å². The molecule has 0 radical (unpaired) electrons. The van der Waals surface area contributed by atoms with Gasteiger partial charge in [0.25, 0.3) is 5.91 Å². The summed E-state index contributed by atoms with van der Waals surface area (Å²) in [5, 5.41) is 20.7. The average Bonchev–Trinajstić information content (AvgIpc) is 3.12. The number of carbonyl (C=O) groups excluding carboxylic acids is 1. The molecule has 0 bridgehead atoms. The molecular formula is C19H21N5O2.